The Bertz CT molecular complexity index is 1070. The molecule has 1 aromatic heterocycles. The minimum Gasteiger partial charge on any atom is -0.497 e. The van der Waals surface area contributed by atoms with E-state index in [2.05, 4.69) is 28.1 Å². The van der Waals surface area contributed by atoms with Crippen LogP contribution in [0, 0.1) is 0 Å². The van der Waals surface area contributed by atoms with Crippen molar-refractivity contribution >= 4 is 22.7 Å². The normalized spacial score (nSPS) is 15.6. The number of amides is 2. The summed E-state index contributed by atoms with van der Waals surface area (Å²) in [4.78, 5) is 24.0. The minimum absolute atomic E-state index is 0.0428. The number of nitrogens with two attached hydrogens (primary N) is 1. The molecule has 1 aliphatic carbocycles. The van der Waals surface area contributed by atoms with Crippen molar-refractivity contribution in [1.29, 1.82) is 0 Å². The number of methoxy groups -OCH3 is 1. The van der Waals surface area contributed by atoms with Gasteiger partial charge in [-0.2, -0.15) is 0 Å². The van der Waals surface area contributed by atoms with Gasteiger partial charge in [-0.15, -0.1) is 0 Å². The first-order valence-corrected chi connectivity index (χ1v) is 10.4. The number of rotatable bonds is 7. The molecule has 0 bridgehead atoms. The molecule has 0 spiro atoms. The molecule has 3 N–H and O–H groups in total. The molecule has 4 rings (SSSR count). The first kappa shape index (κ1) is 20.0. The number of ether oxygens (including phenoxy) is 1. The fraction of sp³-hybridized carbons (Fsp3) is 0.333. The predicted octanol–water partition coefficient (Wildman–Crippen LogP) is 3.11. The number of nitrogens with one attached hydrogen (secondary N) is 1. The highest BCUT2D eigenvalue weighted by Crippen LogP contribution is 2.41. The Kier molecular flexibility index (Phi) is 5.74. The van der Waals surface area contributed by atoms with Gasteiger partial charge in [0.15, 0.2) is 0 Å². The summed E-state index contributed by atoms with van der Waals surface area (Å²) in [6, 6.07) is 16.4. The second kappa shape index (κ2) is 8.61. The number of aromatic nitrogens is 1. The number of hydrogen-bond donors (Lipinski definition) is 2. The Labute approximate surface area is 176 Å². The van der Waals surface area contributed by atoms with E-state index in [0.717, 1.165) is 48.0 Å². The second-order valence-electron chi connectivity index (χ2n) is 7.77. The van der Waals surface area contributed by atoms with Crippen LogP contribution >= 0.6 is 0 Å². The van der Waals surface area contributed by atoms with Gasteiger partial charge in [0.2, 0.25) is 11.8 Å². The molecule has 30 heavy (non-hydrogen) atoms. The van der Waals surface area contributed by atoms with Gasteiger partial charge in [0.05, 0.1) is 13.0 Å². The molecule has 1 aliphatic rings. The molecule has 1 unspecified atom stereocenters. The van der Waals surface area contributed by atoms with Crippen molar-refractivity contribution in [3.63, 3.8) is 0 Å². The van der Waals surface area contributed by atoms with E-state index < -0.39 is 5.91 Å². The topological polar surface area (TPSA) is 86.3 Å². The van der Waals surface area contributed by atoms with Crippen LogP contribution in [-0.4, -0.2) is 30.0 Å². The minimum atomic E-state index is -0.413. The summed E-state index contributed by atoms with van der Waals surface area (Å²) < 4.78 is 7.80. The molecule has 0 aliphatic heterocycles. The van der Waals surface area contributed by atoms with Gasteiger partial charge in [-0.3, -0.25) is 9.59 Å². The molecule has 0 saturated heterocycles. The maximum Gasteiger partial charge on any atom is 0.227 e. The third-order valence-corrected chi connectivity index (χ3v) is 5.85. The highest BCUT2D eigenvalue weighted by Gasteiger charge is 2.32. The van der Waals surface area contributed by atoms with Crippen LogP contribution in [0.25, 0.3) is 10.9 Å². The number of carbonyl (C=O) groups is 2. The smallest absolute Gasteiger partial charge is 0.227 e. The number of benzene rings is 2. The lowest BCUT2D eigenvalue weighted by Gasteiger charge is -2.24. The molecule has 6 nitrogen and oxygen atoms in total. The fourth-order valence-corrected chi connectivity index (χ4v) is 4.46. The average Bonchev–Trinajstić information content (AvgIpc) is 3.07. The van der Waals surface area contributed by atoms with Crippen molar-refractivity contribution in [3.8, 4) is 5.75 Å². The lowest BCUT2D eigenvalue weighted by molar-refractivity contribution is -0.123. The Hall–Kier alpha value is -3.28. The van der Waals surface area contributed by atoms with Gasteiger partial charge in [0.1, 0.15) is 5.75 Å². The fourth-order valence-electron chi connectivity index (χ4n) is 4.46. The lowest BCUT2D eigenvalue weighted by atomic mass is 9.84. The number of carbonyl (C=O) groups excluding carboxylic acids is 2. The van der Waals surface area contributed by atoms with Crippen molar-refractivity contribution in [2.24, 2.45) is 5.73 Å². The summed E-state index contributed by atoms with van der Waals surface area (Å²) >= 11 is 0. The summed E-state index contributed by atoms with van der Waals surface area (Å²) in [7, 11) is 1.66. The number of primary amides is 1. The predicted molar refractivity (Wildman–Crippen MR) is 117 cm³/mol. The number of nitrogens with zero attached hydrogens (tertiary/aromatic N) is 1. The first-order chi connectivity index (χ1) is 14.6. The van der Waals surface area contributed by atoms with E-state index in [1.54, 1.807) is 7.11 Å². The molecule has 0 radical (unpaired) electrons. The highest BCUT2D eigenvalue weighted by molar-refractivity contribution is 5.95. The van der Waals surface area contributed by atoms with Crippen molar-refractivity contribution in [2.45, 2.75) is 38.1 Å². The molecule has 3 aromatic rings. The van der Waals surface area contributed by atoms with Gasteiger partial charge in [-0.1, -0.05) is 30.3 Å². The van der Waals surface area contributed by atoms with E-state index in [0.29, 0.717) is 0 Å². The van der Waals surface area contributed by atoms with Crippen LogP contribution in [0.15, 0.2) is 48.5 Å². The van der Waals surface area contributed by atoms with Gasteiger partial charge in [0.25, 0.3) is 0 Å². The molecule has 0 saturated carbocycles. The van der Waals surface area contributed by atoms with Gasteiger partial charge in [-0.25, -0.2) is 0 Å². The van der Waals surface area contributed by atoms with E-state index in [1.807, 2.05) is 30.3 Å². The van der Waals surface area contributed by atoms with E-state index in [-0.39, 0.29) is 24.8 Å². The van der Waals surface area contributed by atoms with Gasteiger partial charge in [-0.05, 0) is 48.6 Å². The van der Waals surface area contributed by atoms with Crippen LogP contribution in [0.5, 0.6) is 5.75 Å². The van der Waals surface area contributed by atoms with Crippen molar-refractivity contribution in [1.82, 2.24) is 9.88 Å². The zero-order chi connectivity index (χ0) is 21.1. The standard InChI is InChI=1S/C24H27N3O3/c1-30-17-10-11-20-19(14-17)23-18(24(29)26-13-12-22(25)28)8-5-9-21(23)27(20)15-16-6-3-2-4-7-16/h2-4,6-7,10-11,14,18H,5,8-9,12-13,15H2,1H3,(H2,25,28)(H,26,29). The summed E-state index contributed by atoms with van der Waals surface area (Å²) in [5.41, 5.74) is 9.84. The molecule has 1 heterocycles. The molecule has 156 valence electrons. The Morgan fingerprint density at radius 3 is 2.73 bits per heavy atom. The summed E-state index contributed by atoms with van der Waals surface area (Å²) in [5.74, 6) is 0.0801. The number of hydrogen-bond acceptors (Lipinski definition) is 3. The number of fused-ring (bicyclic) bond motifs is 3. The third-order valence-electron chi connectivity index (χ3n) is 5.85. The monoisotopic (exact) mass is 405 g/mol. The van der Waals surface area contributed by atoms with E-state index in [4.69, 9.17) is 10.5 Å². The molecular weight excluding hydrogens is 378 g/mol. The zero-order valence-corrected chi connectivity index (χ0v) is 17.2. The van der Waals surface area contributed by atoms with Crippen LogP contribution in [0.2, 0.25) is 0 Å². The molecule has 2 aromatic carbocycles. The summed E-state index contributed by atoms with van der Waals surface area (Å²) in [6.07, 6.45) is 2.82. The van der Waals surface area contributed by atoms with Crippen LogP contribution in [0.4, 0.5) is 0 Å². The van der Waals surface area contributed by atoms with Crippen molar-refractivity contribution in [3.05, 3.63) is 65.4 Å². The zero-order valence-electron chi connectivity index (χ0n) is 17.2. The highest BCUT2D eigenvalue weighted by atomic mass is 16.5. The quantitative estimate of drug-likeness (QED) is 0.633. The van der Waals surface area contributed by atoms with Crippen LogP contribution in [0.3, 0.4) is 0 Å². The van der Waals surface area contributed by atoms with Gasteiger partial charge < -0.3 is 20.4 Å². The first-order valence-electron chi connectivity index (χ1n) is 10.4. The Balaban J connectivity index is 1.77. The van der Waals surface area contributed by atoms with Crippen LogP contribution in [0.1, 0.15) is 42.0 Å². The molecule has 0 fully saturated rings. The Morgan fingerprint density at radius 2 is 2.00 bits per heavy atom. The average molecular weight is 405 g/mol. The SMILES string of the molecule is COc1ccc2c(c1)c1c(n2Cc2ccccc2)CCCC1C(=O)NCCC(N)=O. The summed E-state index contributed by atoms with van der Waals surface area (Å²) in [6.45, 7) is 1.03. The largest absolute Gasteiger partial charge is 0.497 e. The molecule has 1 atom stereocenters. The summed E-state index contributed by atoms with van der Waals surface area (Å²) in [5, 5.41) is 3.96. The van der Waals surface area contributed by atoms with E-state index >= 15 is 0 Å². The van der Waals surface area contributed by atoms with E-state index in [9.17, 15) is 9.59 Å². The van der Waals surface area contributed by atoms with Crippen molar-refractivity contribution < 1.29 is 14.3 Å². The molecule has 2 amide bonds. The maximum atomic E-state index is 13.0. The van der Waals surface area contributed by atoms with Gasteiger partial charge in [0, 0.05) is 36.1 Å². The van der Waals surface area contributed by atoms with Crippen LogP contribution < -0.4 is 15.8 Å². The van der Waals surface area contributed by atoms with Gasteiger partial charge >= 0.3 is 0 Å². The molecular formula is C24H27N3O3. The second-order valence-corrected chi connectivity index (χ2v) is 7.77. The maximum absolute atomic E-state index is 13.0. The lowest BCUT2D eigenvalue weighted by Crippen LogP contribution is -2.33. The third kappa shape index (κ3) is 3.90. The Morgan fingerprint density at radius 1 is 1.20 bits per heavy atom. The molecule has 6 heteroatoms. The van der Waals surface area contributed by atoms with Crippen molar-refractivity contribution in [2.75, 3.05) is 13.7 Å². The van der Waals surface area contributed by atoms with Crippen LogP contribution in [-0.2, 0) is 22.6 Å². The van der Waals surface area contributed by atoms with E-state index in [1.165, 1.54) is 11.3 Å².